The molecule has 7 heteroatoms. The maximum Gasteiger partial charge on any atom is 1.00 e. The minimum absolute atomic E-state index is 0. The molecule has 2 unspecified atom stereocenters. The number of aliphatic carboxylic acids is 1. The summed E-state index contributed by atoms with van der Waals surface area (Å²) in [7, 11) is 0. The zero-order valence-corrected chi connectivity index (χ0v) is 18.0. The number of nitrogens with zero attached hydrogens (tertiary/aromatic N) is 2. The van der Waals surface area contributed by atoms with Crippen molar-refractivity contribution >= 4 is 11.9 Å². The van der Waals surface area contributed by atoms with Gasteiger partial charge in [0.15, 0.2) is 0 Å². The molecule has 2 N–H and O–H groups in total. The summed E-state index contributed by atoms with van der Waals surface area (Å²) in [5, 5.41) is 30.0. The van der Waals surface area contributed by atoms with Crippen molar-refractivity contribution in [3.8, 4) is 0 Å². The van der Waals surface area contributed by atoms with E-state index < -0.39 is 18.1 Å². The van der Waals surface area contributed by atoms with Crippen molar-refractivity contribution in [1.29, 1.82) is 0 Å². The van der Waals surface area contributed by atoms with Crippen LogP contribution in [0.3, 0.4) is 0 Å². The molecule has 128 valence electrons. The van der Waals surface area contributed by atoms with Gasteiger partial charge in [0.25, 0.3) is 0 Å². The summed E-state index contributed by atoms with van der Waals surface area (Å²) in [6.07, 6.45) is 6.91. The van der Waals surface area contributed by atoms with Crippen molar-refractivity contribution in [2.45, 2.75) is 58.6 Å². The molecule has 0 aromatic heterocycles. The van der Waals surface area contributed by atoms with E-state index in [4.69, 9.17) is 5.11 Å². The van der Waals surface area contributed by atoms with E-state index in [0.717, 1.165) is 25.7 Å². The van der Waals surface area contributed by atoms with Crippen LogP contribution < -0.4 is 56.5 Å². The van der Waals surface area contributed by atoms with Crippen LogP contribution in [0.4, 0.5) is 0 Å². The SMILES string of the molecule is CCCCC/C=C/C([O-])=NCCN(CC(C)O)C(C)C(=O)O.[K+]. The Hall–Kier alpha value is 0.236. The largest absolute Gasteiger partial charge is 1.00 e. The topological polar surface area (TPSA) is 96.2 Å². The molecule has 0 bridgehead atoms. The molecule has 0 heterocycles. The summed E-state index contributed by atoms with van der Waals surface area (Å²) in [6, 6.07) is -0.718. The number of allylic oxidation sites excluding steroid dienone is 1. The standard InChI is InChI=1S/C16H30N2O4.K/c1-4-5-6-7-8-9-15(20)17-10-11-18(12-13(2)19)14(3)16(21)22;/h8-9,13-14,19H,4-7,10-12H2,1-3H3,(H,17,20)(H,21,22);/q;+1/p-1/b9-8+;. The normalized spacial score (nSPS) is 14.7. The molecule has 0 spiro atoms. The molecule has 0 saturated heterocycles. The van der Waals surface area contributed by atoms with Gasteiger partial charge < -0.3 is 15.3 Å². The Balaban J connectivity index is 0. The monoisotopic (exact) mass is 352 g/mol. The Bertz CT molecular complexity index is 373. The first kappa shape index (κ1) is 25.5. The van der Waals surface area contributed by atoms with Crippen molar-refractivity contribution in [2.75, 3.05) is 19.6 Å². The molecule has 0 fully saturated rings. The molecule has 23 heavy (non-hydrogen) atoms. The maximum absolute atomic E-state index is 11.5. The molecule has 0 aliphatic heterocycles. The fourth-order valence-corrected chi connectivity index (χ4v) is 1.98. The molecule has 0 radical (unpaired) electrons. The summed E-state index contributed by atoms with van der Waals surface area (Å²) in [5.41, 5.74) is 0. The average molecular weight is 353 g/mol. The van der Waals surface area contributed by atoms with Crippen molar-refractivity contribution < 1.29 is 71.5 Å². The maximum atomic E-state index is 11.5. The number of aliphatic hydroxyl groups excluding tert-OH is 1. The predicted molar refractivity (Wildman–Crippen MR) is 85.9 cm³/mol. The fraction of sp³-hybridized carbons (Fsp3) is 0.750. The zero-order chi connectivity index (χ0) is 17.0. The summed E-state index contributed by atoms with van der Waals surface area (Å²) >= 11 is 0. The smallest absolute Gasteiger partial charge is 0.859 e. The van der Waals surface area contributed by atoms with Gasteiger partial charge in [-0.3, -0.25) is 14.7 Å². The second-order valence-electron chi connectivity index (χ2n) is 5.48. The first-order valence-electron chi connectivity index (χ1n) is 7.91. The number of rotatable bonds is 12. The summed E-state index contributed by atoms with van der Waals surface area (Å²) in [5.74, 6) is -1.25. The van der Waals surface area contributed by atoms with Crippen LogP contribution in [0.15, 0.2) is 17.1 Å². The first-order chi connectivity index (χ1) is 10.4. The average Bonchev–Trinajstić information content (AvgIpc) is 2.44. The number of hydrogen-bond acceptors (Lipinski definition) is 5. The van der Waals surface area contributed by atoms with E-state index in [1.807, 2.05) is 6.08 Å². The van der Waals surface area contributed by atoms with Crippen LogP contribution in [0.1, 0.15) is 46.5 Å². The number of carboxylic acids is 1. The van der Waals surface area contributed by atoms with Gasteiger partial charge in [-0.2, -0.15) is 0 Å². The van der Waals surface area contributed by atoms with Crippen LogP contribution >= 0.6 is 0 Å². The van der Waals surface area contributed by atoms with E-state index in [-0.39, 0.29) is 70.4 Å². The van der Waals surface area contributed by atoms with E-state index in [9.17, 15) is 15.0 Å². The molecule has 0 rings (SSSR count). The van der Waals surface area contributed by atoms with Crippen molar-refractivity contribution in [2.24, 2.45) is 4.99 Å². The van der Waals surface area contributed by atoms with Crippen LogP contribution in [-0.2, 0) is 4.79 Å². The number of aliphatic hydroxyl groups is 1. The van der Waals surface area contributed by atoms with Crippen molar-refractivity contribution in [1.82, 2.24) is 4.90 Å². The second kappa shape index (κ2) is 15.7. The Morgan fingerprint density at radius 2 is 2.00 bits per heavy atom. The Kier molecular flexibility index (Phi) is 17.4. The number of carboxylic acid groups (broad SMARTS) is 1. The number of carbonyl (C=O) groups is 1. The molecule has 0 aliphatic rings. The molecule has 0 aromatic carbocycles. The minimum Gasteiger partial charge on any atom is -0.859 e. The molecule has 2 atom stereocenters. The fourth-order valence-electron chi connectivity index (χ4n) is 1.98. The van der Waals surface area contributed by atoms with E-state index in [0.29, 0.717) is 6.54 Å². The van der Waals surface area contributed by atoms with Gasteiger partial charge in [-0.05, 0) is 32.6 Å². The third kappa shape index (κ3) is 14.3. The minimum atomic E-state index is -0.956. The van der Waals surface area contributed by atoms with Gasteiger partial charge in [0.1, 0.15) is 6.04 Å². The predicted octanol–water partition coefficient (Wildman–Crippen LogP) is -1.96. The van der Waals surface area contributed by atoms with Gasteiger partial charge in [-0.1, -0.05) is 31.9 Å². The summed E-state index contributed by atoms with van der Waals surface area (Å²) in [6.45, 7) is 6.07. The van der Waals surface area contributed by atoms with Crippen LogP contribution in [-0.4, -0.2) is 58.8 Å². The van der Waals surface area contributed by atoms with Crippen LogP contribution in [0.2, 0.25) is 0 Å². The second-order valence-corrected chi connectivity index (χ2v) is 5.48. The van der Waals surface area contributed by atoms with E-state index in [1.165, 1.54) is 6.08 Å². The Morgan fingerprint density at radius 1 is 1.35 bits per heavy atom. The van der Waals surface area contributed by atoms with Crippen LogP contribution in [0.5, 0.6) is 0 Å². The molecule has 0 amide bonds. The van der Waals surface area contributed by atoms with Crippen molar-refractivity contribution in [3.05, 3.63) is 12.2 Å². The Morgan fingerprint density at radius 3 is 2.52 bits per heavy atom. The van der Waals surface area contributed by atoms with Gasteiger partial charge in [-0.15, -0.1) is 0 Å². The molecule has 0 saturated carbocycles. The molecular weight excluding hydrogens is 323 g/mol. The van der Waals surface area contributed by atoms with Gasteiger partial charge in [0.2, 0.25) is 0 Å². The molecule has 0 aromatic rings. The van der Waals surface area contributed by atoms with Crippen molar-refractivity contribution in [3.63, 3.8) is 0 Å². The number of hydrogen-bond donors (Lipinski definition) is 2. The van der Waals surface area contributed by atoms with E-state index in [1.54, 1.807) is 18.7 Å². The zero-order valence-electron chi connectivity index (χ0n) is 14.9. The van der Waals surface area contributed by atoms with Gasteiger partial charge in [0.05, 0.1) is 12.6 Å². The number of aliphatic imine (C=N–C) groups is 1. The molecule has 0 aliphatic carbocycles. The summed E-state index contributed by atoms with van der Waals surface area (Å²) in [4.78, 5) is 16.5. The van der Waals surface area contributed by atoms with Crippen LogP contribution in [0.25, 0.3) is 0 Å². The quantitative estimate of drug-likeness (QED) is 0.184. The third-order valence-electron chi connectivity index (χ3n) is 3.29. The van der Waals surface area contributed by atoms with Gasteiger partial charge in [0, 0.05) is 13.1 Å². The molecule has 6 nitrogen and oxygen atoms in total. The van der Waals surface area contributed by atoms with Gasteiger partial charge >= 0.3 is 57.4 Å². The first-order valence-corrected chi connectivity index (χ1v) is 7.91. The van der Waals surface area contributed by atoms with Crippen LogP contribution in [0, 0.1) is 0 Å². The van der Waals surface area contributed by atoms with E-state index >= 15 is 0 Å². The van der Waals surface area contributed by atoms with Gasteiger partial charge in [-0.25, -0.2) is 0 Å². The third-order valence-corrected chi connectivity index (χ3v) is 3.29. The molecular formula is C16H29KN2O4. The number of unbranched alkanes of at least 4 members (excludes halogenated alkanes) is 3. The Labute approximate surface area is 182 Å². The summed E-state index contributed by atoms with van der Waals surface area (Å²) < 4.78 is 0. The van der Waals surface area contributed by atoms with E-state index in [2.05, 4.69) is 11.9 Å².